The van der Waals surface area contributed by atoms with E-state index in [4.69, 9.17) is 0 Å². The zero-order chi connectivity index (χ0) is 37.0. The maximum Gasteiger partial charge on any atom is 0.0560 e. The Hall–Kier alpha value is -6.70. The highest BCUT2D eigenvalue weighted by Gasteiger charge is 2.40. The summed E-state index contributed by atoms with van der Waals surface area (Å²) in [5.41, 5.74) is 12.7. The fraction of sp³-hybridized carbons (Fsp3) is 0.0909. The number of hydrogen-bond acceptors (Lipinski definition) is 1. The smallest absolute Gasteiger partial charge is 0.0560 e. The van der Waals surface area contributed by atoms with Gasteiger partial charge in [0.05, 0.1) is 6.04 Å². The number of benzene rings is 8. The lowest BCUT2D eigenvalue weighted by Gasteiger charge is -2.34. The van der Waals surface area contributed by atoms with Gasteiger partial charge in [0.1, 0.15) is 0 Å². The third kappa shape index (κ3) is 5.71. The standard InChI is InChI=1S/C55H41N/c1-3-12-37(13-4-1)38-22-28-44(29-23-38)56(46-32-26-41(27-33-46)47-21-11-16-42-34-52(42)47)45-30-24-39(25-31-45)43-35-53(40-14-5-2-6-15-40)55-51-20-10-9-18-49(51)48-17-7-8-19-50(48)54(55)36-43/h1-32,35-36,42,46,52H,33-34H2. The third-order valence-corrected chi connectivity index (χ3v) is 12.3. The molecule has 0 amide bonds. The molecule has 1 heteroatoms. The number of hydrogen-bond donors (Lipinski definition) is 0. The highest BCUT2D eigenvalue weighted by atomic mass is 15.2. The van der Waals surface area contributed by atoms with Crippen molar-refractivity contribution >= 4 is 43.7 Å². The van der Waals surface area contributed by atoms with E-state index in [1.54, 1.807) is 0 Å². The molecule has 3 aliphatic carbocycles. The summed E-state index contributed by atoms with van der Waals surface area (Å²) in [5.74, 6) is 1.44. The molecule has 11 rings (SSSR count). The Balaban J connectivity index is 1.01. The number of fused-ring (bicyclic) bond motifs is 7. The van der Waals surface area contributed by atoms with Gasteiger partial charge in [-0.15, -0.1) is 0 Å². The van der Waals surface area contributed by atoms with E-state index in [-0.39, 0.29) is 6.04 Å². The summed E-state index contributed by atoms with van der Waals surface area (Å²) in [4.78, 5) is 2.52. The van der Waals surface area contributed by atoms with Crippen LogP contribution in [0.3, 0.4) is 0 Å². The molecule has 0 saturated heterocycles. The average Bonchev–Trinajstić information content (AvgIpc) is 4.08. The van der Waals surface area contributed by atoms with Gasteiger partial charge in [0, 0.05) is 11.4 Å². The number of rotatable bonds is 7. The second-order valence-corrected chi connectivity index (χ2v) is 15.6. The Bertz CT molecular complexity index is 2890. The van der Waals surface area contributed by atoms with Crippen LogP contribution in [-0.4, -0.2) is 6.04 Å². The van der Waals surface area contributed by atoms with Gasteiger partial charge >= 0.3 is 0 Å². The van der Waals surface area contributed by atoms with Gasteiger partial charge in [0.25, 0.3) is 0 Å². The van der Waals surface area contributed by atoms with Crippen LogP contribution < -0.4 is 4.90 Å². The molecular formula is C55H41N. The lowest BCUT2D eigenvalue weighted by molar-refractivity contribution is 0.776. The maximum atomic E-state index is 2.52. The van der Waals surface area contributed by atoms with Crippen molar-refractivity contribution < 1.29 is 0 Å². The van der Waals surface area contributed by atoms with Crippen LogP contribution in [0.2, 0.25) is 0 Å². The number of anilines is 2. The Morgan fingerprint density at radius 1 is 0.464 bits per heavy atom. The molecule has 0 heterocycles. The molecule has 0 bridgehead atoms. The second-order valence-electron chi connectivity index (χ2n) is 15.6. The van der Waals surface area contributed by atoms with Gasteiger partial charge in [0.2, 0.25) is 0 Å². The minimum Gasteiger partial charge on any atom is -0.334 e. The second kappa shape index (κ2) is 13.6. The third-order valence-electron chi connectivity index (χ3n) is 12.3. The summed E-state index contributed by atoms with van der Waals surface area (Å²) in [7, 11) is 0. The Morgan fingerprint density at radius 2 is 1.02 bits per heavy atom. The molecule has 0 aliphatic heterocycles. The lowest BCUT2D eigenvalue weighted by Crippen LogP contribution is -2.30. The molecule has 0 spiro atoms. The van der Waals surface area contributed by atoms with Gasteiger partial charge in [-0.1, -0.05) is 170 Å². The summed E-state index contributed by atoms with van der Waals surface area (Å²) in [6.07, 6.45) is 16.5. The summed E-state index contributed by atoms with van der Waals surface area (Å²) < 4.78 is 0. The molecule has 3 unspecified atom stereocenters. The fourth-order valence-corrected chi connectivity index (χ4v) is 9.37. The van der Waals surface area contributed by atoms with Gasteiger partial charge in [-0.05, 0) is 138 Å². The average molecular weight is 716 g/mol. The van der Waals surface area contributed by atoms with Crippen LogP contribution in [0.15, 0.2) is 217 Å². The molecule has 1 nitrogen and oxygen atoms in total. The first kappa shape index (κ1) is 32.7. The Kier molecular flexibility index (Phi) is 7.91. The SMILES string of the molecule is C1=CC2CC2C(C2=CCC(N(c3ccc(-c4ccccc4)cc3)c3ccc(-c4cc(-c5ccccc5)c5c6ccccc6c6ccccc6c5c4)cc3)C=C2)=C1. The molecule has 1 fully saturated rings. The first-order chi connectivity index (χ1) is 27.8. The molecule has 8 aromatic carbocycles. The van der Waals surface area contributed by atoms with Crippen molar-refractivity contribution in [3.8, 4) is 33.4 Å². The van der Waals surface area contributed by atoms with Crippen LogP contribution >= 0.6 is 0 Å². The molecule has 8 aromatic rings. The molecule has 1 saturated carbocycles. The molecule has 0 radical (unpaired) electrons. The predicted octanol–water partition coefficient (Wildman–Crippen LogP) is 14.7. The van der Waals surface area contributed by atoms with E-state index in [1.165, 1.54) is 94.6 Å². The van der Waals surface area contributed by atoms with Crippen molar-refractivity contribution in [1.82, 2.24) is 0 Å². The highest BCUT2D eigenvalue weighted by Crippen LogP contribution is 2.50. The van der Waals surface area contributed by atoms with E-state index < -0.39 is 0 Å². The van der Waals surface area contributed by atoms with E-state index in [9.17, 15) is 0 Å². The van der Waals surface area contributed by atoms with Crippen molar-refractivity contribution in [3.63, 3.8) is 0 Å². The van der Waals surface area contributed by atoms with E-state index in [2.05, 4.69) is 211 Å². The molecular weight excluding hydrogens is 675 g/mol. The summed E-state index contributed by atoms with van der Waals surface area (Å²) >= 11 is 0. The first-order valence-electron chi connectivity index (χ1n) is 20.0. The minimum atomic E-state index is 0.201. The van der Waals surface area contributed by atoms with Gasteiger partial charge in [-0.25, -0.2) is 0 Å². The largest absolute Gasteiger partial charge is 0.334 e. The fourth-order valence-electron chi connectivity index (χ4n) is 9.37. The molecule has 56 heavy (non-hydrogen) atoms. The quantitative estimate of drug-likeness (QED) is 0.149. The van der Waals surface area contributed by atoms with Crippen molar-refractivity contribution in [1.29, 1.82) is 0 Å². The van der Waals surface area contributed by atoms with Crippen molar-refractivity contribution in [2.24, 2.45) is 11.8 Å². The van der Waals surface area contributed by atoms with Crippen LogP contribution in [0.1, 0.15) is 12.8 Å². The van der Waals surface area contributed by atoms with Gasteiger partial charge in [-0.3, -0.25) is 0 Å². The Morgan fingerprint density at radius 3 is 1.66 bits per heavy atom. The normalized spacial score (nSPS) is 18.5. The van der Waals surface area contributed by atoms with Gasteiger partial charge in [-0.2, -0.15) is 0 Å². The first-order valence-corrected chi connectivity index (χ1v) is 20.0. The van der Waals surface area contributed by atoms with Crippen molar-refractivity contribution in [2.45, 2.75) is 18.9 Å². The van der Waals surface area contributed by atoms with E-state index in [1.807, 2.05) is 0 Å². The zero-order valence-corrected chi connectivity index (χ0v) is 31.2. The number of nitrogens with zero attached hydrogens (tertiary/aromatic N) is 1. The zero-order valence-electron chi connectivity index (χ0n) is 31.2. The molecule has 0 aromatic heterocycles. The van der Waals surface area contributed by atoms with Crippen LogP contribution in [0.4, 0.5) is 11.4 Å². The minimum absolute atomic E-state index is 0.201. The highest BCUT2D eigenvalue weighted by molar-refractivity contribution is 6.29. The predicted molar refractivity (Wildman–Crippen MR) is 238 cm³/mol. The van der Waals surface area contributed by atoms with E-state index >= 15 is 0 Å². The maximum absolute atomic E-state index is 2.52. The van der Waals surface area contributed by atoms with Crippen LogP contribution in [-0.2, 0) is 0 Å². The van der Waals surface area contributed by atoms with Crippen LogP contribution in [0.25, 0.3) is 65.7 Å². The van der Waals surface area contributed by atoms with Crippen molar-refractivity contribution in [2.75, 3.05) is 4.90 Å². The molecule has 266 valence electrons. The summed E-state index contributed by atoms with van der Waals surface area (Å²) in [6.45, 7) is 0. The molecule has 0 N–H and O–H groups in total. The molecule has 3 aliphatic rings. The Labute approximate surface area is 328 Å². The van der Waals surface area contributed by atoms with Crippen LogP contribution in [0.5, 0.6) is 0 Å². The summed E-state index contributed by atoms with van der Waals surface area (Å²) in [5, 5.41) is 7.77. The number of allylic oxidation sites excluding steroid dienone is 6. The topological polar surface area (TPSA) is 3.24 Å². The van der Waals surface area contributed by atoms with E-state index in [0.717, 1.165) is 12.3 Å². The monoisotopic (exact) mass is 715 g/mol. The summed E-state index contributed by atoms with van der Waals surface area (Å²) in [6, 6.07) is 62.7. The van der Waals surface area contributed by atoms with Crippen LogP contribution in [0, 0.1) is 11.8 Å². The van der Waals surface area contributed by atoms with E-state index in [0.29, 0.717) is 5.92 Å². The lowest BCUT2D eigenvalue weighted by atomic mass is 9.87. The van der Waals surface area contributed by atoms with Gasteiger partial charge in [0.15, 0.2) is 0 Å². The van der Waals surface area contributed by atoms with Crippen molar-refractivity contribution in [3.05, 3.63) is 217 Å². The molecule has 3 atom stereocenters. The van der Waals surface area contributed by atoms with Gasteiger partial charge < -0.3 is 4.90 Å².